The molecule has 0 bridgehead atoms. The molecule has 34 heavy (non-hydrogen) atoms. The van der Waals surface area contributed by atoms with E-state index < -0.39 is 12.0 Å². The van der Waals surface area contributed by atoms with Gasteiger partial charge in [-0.15, -0.1) is 0 Å². The quantitative estimate of drug-likeness (QED) is 0.501. The number of thiazole rings is 1. The van der Waals surface area contributed by atoms with E-state index in [1.807, 2.05) is 43.3 Å². The van der Waals surface area contributed by atoms with Crippen LogP contribution in [0.4, 0.5) is 5.69 Å². The van der Waals surface area contributed by atoms with Crippen molar-refractivity contribution < 1.29 is 14.6 Å². The number of fused-ring (bicyclic) bond motifs is 1. The Balaban J connectivity index is 1.95. The van der Waals surface area contributed by atoms with Crippen LogP contribution in [0, 0.1) is 0 Å². The fraction of sp³-hybridized carbons (Fsp3) is 0.240. The van der Waals surface area contributed by atoms with E-state index in [9.17, 15) is 14.7 Å². The smallest absolute Gasteiger partial charge is 0.338 e. The summed E-state index contributed by atoms with van der Waals surface area (Å²) in [6, 6.07) is 12.1. The minimum atomic E-state index is -0.676. The second-order valence-electron chi connectivity index (χ2n) is 7.99. The van der Waals surface area contributed by atoms with E-state index >= 15 is 0 Å². The molecular weight excluding hydrogens is 518 g/mol. The van der Waals surface area contributed by atoms with Crippen LogP contribution in [-0.4, -0.2) is 36.3 Å². The number of carbonyl (C=O) groups excluding carboxylic acids is 1. The highest BCUT2D eigenvalue weighted by Crippen LogP contribution is 2.31. The summed E-state index contributed by atoms with van der Waals surface area (Å²) in [4.78, 5) is 33.6. The van der Waals surface area contributed by atoms with Crippen LogP contribution in [-0.2, 0) is 9.53 Å². The van der Waals surface area contributed by atoms with Crippen molar-refractivity contribution in [1.29, 1.82) is 0 Å². The lowest BCUT2D eigenvalue weighted by molar-refractivity contribution is -0.139. The van der Waals surface area contributed by atoms with E-state index in [1.165, 1.54) is 15.9 Å². The minimum absolute atomic E-state index is 0.0632. The molecule has 9 heteroatoms. The molecule has 0 aliphatic carbocycles. The summed E-state index contributed by atoms with van der Waals surface area (Å²) in [6.07, 6.45) is 1.64. The van der Waals surface area contributed by atoms with Crippen molar-refractivity contribution in [3.63, 3.8) is 0 Å². The van der Waals surface area contributed by atoms with Gasteiger partial charge < -0.3 is 14.7 Å². The Morgan fingerprint density at radius 1 is 1.26 bits per heavy atom. The van der Waals surface area contributed by atoms with Crippen LogP contribution < -0.4 is 19.8 Å². The summed E-state index contributed by atoms with van der Waals surface area (Å²) in [5.41, 5.74) is 2.84. The number of esters is 1. The normalized spacial score (nSPS) is 15.7. The lowest BCUT2D eigenvalue weighted by Crippen LogP contribution is -2.39. The highest BCUT2D eigenvalue weighted by Gasteiger charge is 2.33. The van der Waals surface area contributed by atoms with Gasteiger partial charge in [0.2, 0.25) is 0 Å². The van der Waals surface area contributed by atoms with Crippen LogP contribution in [0.2, 0.25) is 0 Å². The standard InChI is InChI=1S/C25H24BrN3O4S/c1-5-33-24(32)21-14(2)27-25-29(22(21)15-6-9-18(10-7-15)28(3)4)23(31)20(34-25)13-16-12-17(26)8-11-19(16)30/h6-13,22,30H,5H2,1-4H3/b20-13+/t22-/m0/s1. The molecule has 3 aromatic rings. The molecule has 0 spiro atoms. The van der Waals surface area contributed by atoms with Crippen LogP contribution in [0.25, 0.3) is 6.08 Å². The number of ether oxygens (including phenoxy) is 1. The van der Waals surface area contributed by atoms with E-state index in [4.69, 9.17) is 4.74 Å². The van der Waals surface area contributed by atoms with Crippen molar-refractivity contribution in [3.05, 3.63) is 89.0 Å². The second kappa shape index (κ2) is 9.60. The number of phenolic OH excluding ortho intramolecular Hbond substituents is 1. The van der Waals surface area contributed by atoms with Gasteiger partial charge in [0.25, 0.3) is 5.56 Å². The van der Waals surface area contributed by atoms with Crippen LogP contribution >= 0.6 is 27.3 Å². The number of phenols is 1. The first-order valence-electron chi connectivity index (χ1n) is 10.7. The Bertz CT molecular complexity index is 1470. The fourth-order valence-corrected chi connectivity index (χ4v) is 5.26. The number of halogens is 1. The molecule has 1 N–H and O–H groups in total. The van der Waals surface area contributed by atoms with Crippen LogP contribution in [0.3, 0.4) is 0 Å². The van der Waals surface area contributed by atoms with E-state index in [0.29, 0.717) is 26.2 Å². The number of hydrogen-bond donors (Lipinski definition) is 1. The minimum Gasteiger partial charge on any atom is -0.507 e. The van der Waals surface area contributed by atoms with Gasteiger partial charge >= 0.3 is 5.97 Å². The molecule has 4 rings (SSSR count). The lowest BCUT2D eigenvalue weighted by Gasteiger charge is -2.25. The molecule has 0 fully saturated rings. The number of aromatic nitrogens is 1. The Kier molecular flexibility index (Phi) is 6.77. The first-order chi connectivity index (χ1) is 16.2. The lowest BCUT2D eigenvalue weighted by atomic mass is 9.95. The first-order valence-corrected chi connectivity index (χ1v) is 12.3. The molecular formula is C25H24BrN3O4S. The molecule has 0 saturated carbocycles. The SMILES string of the molecule is CCOC(=O)C1=C(C)N=c2s/c(=C/c3cc(Br)ccc3O)c(=O)n2[C@H]1c1ccc(N(C)C)cc1. The van der Waals surface area contributed by atoms with E-state index in [1.54, 1.807) is 38.1 Å². The number of benzene rings is 2. The maximum absolute atomic E-state index is 13.6. The predicted octanol–water partition coefficient (Wildman–Crippen LogP) is 3.33. The summed E-state index contributed by atoms with van der Waals surface area (Å²) in [5, 5.41) is 10.3. The number of carbonyl (C=O) groups is 1. The van der Waals surface area contributed by atoms with E-state index in [-0.39, 0.29) is 17.9 Å². The van der Waals surface area contributed by atoms with E-state index in [2.05, 4.69) is 20.9 Å². The highest BCUT2D eigenvalue weighted by molar-refractivity contribution is 9.10. The molecule has 1 aromatic heterocycles. The van der Waals surface area contributed by atoms with Gasteiger partial charge in [0.15, 0.2) is 4.80 Å². The zero-order valence-electron chi connectivity index (χ0n) is 19.2. The largest absolute Gasteiger partial charge is 0.507 e. The van der Waals surface area contributed by atoms with Crippen LogP contribution in [0.1, 0.15) is 31.0 Å². The monoisotopic (exact) mass is 541 g/mol. The van der Waals surface area contributed by atoms with Gasteiger partial charge in [0, 0.05) is 29.8 Å². The molecule has 0 saturated heterocycles. The summed E-state index contributed by atoms with van der Waals surface area (Å²) in [6.45, 7) is 3.72. The van der Waals surface area contributed by atoms with Crippen molar-refractivity contribution in [3.8, 4) is 5.75 Å². The number of aromatic hydroxyl groups is 1. The maximum Gasteiger partial charge on any atom is 0.338 e. The van der Waals surface area contributed by atoms with Gasteiger partial charge in [0.1, 0.15) is 5.75 Å². The second-order valence-corrected chi connectivity index (χ2v) is 9.92. The zero-order valence-corrected chi connectivity index (χ0v) is 21.6. The molecule has 0 radical (unpaired) electrons. The molecule has 2 heterocycles. The molecule has 176 valence electrons. The number of hydrogen-bond acceptors (Lipinski definition) is 7. The van der Waals surface area contributed by atoms with E-state index in [0.717, 1.165) is 15.7 Å². The Hall–Kier alpha value is -3.17. The summed E-state index contributed by atoms with van der Waals surface area (Å²) >= 11 is 4.61. The third-order valence-corrected chi connectivity index (χ3v) is 6.99. The average Bonchev–Trinajstić information content (AvgIpc) is 3.10. The predicted molar refractivity (Wildman–Crippen MR) is 137 cm³/mol. The highest BCUT2D eigenvalue weighted by atomic mass is 79.9. The zero-order chi connectivity index (χ0) is 24.6. The molecule has 7 nitrogen and oxygen atoms in total. The number of allylic oxidation sites excluding steroid dienone is 1. The summed E-state index contributed by atoms with van der Waals surface area (Å²) < 4.78 is 8.05. The van der Waals surface area contributed by atoms with Crippen LogP contribution in [0.15, 0.2) is 68.0 Å². The van der Waals surface area contributed by atoms with Crippen molar-refractivity contribution in [2.45, 2.75) is 19.9 Å². The van der Waals surface area contributed by atoms with Gasteiger partial charge in [-0.3, -0.25) is 9.36 Å². The molecule has 2 aromatic carbocycles. The van der Waals surface area contributed by atoms with Crippen molar-refractivity contribution in [2.75, 3.05) is 25.6 Å². The summed E-state index contributed by atoms with van der Waals surface area (Å²) in [7, 11) is 3.90. The molecule has 0 amide bonds. The molecule has 1 aliphatic heterocycles. The Morgan fingerprint density at radius 3 is 2.62 bits per heavy atom. The van der Waals surface area contributed by atoms with Gasteiger partial charge in [0.05, 0.1) is 28.5 Å². The number of anilines is 1. The third-order valence-electron chi connectivity index (χ3n) is 5.52. The van der Waals surface area contributed by atoms with Gasteiger partial charge in [-0.1, -0.05) is 39.4 Å². The number of rotatable bonds is 5. The van der Waals surface area contributed by atoms with Gasteiger partial charge in [-0.05, 0) is 55.8 Å². The first kappa shape index (κ1) is 24.0. The molecule has 1 atom stereocenters. The molecule has 0 unspecified atom stereocenters. The van der Waals surface area contributed by atoms with Gasteiger partial charge in [-0.25, -0.2) is 9.79 Å². The van der Waals surface area contributed by atoms with Crippen molar-refractivity contribution >= 4 is 45.0 Å². The topological polar surface area (TPSA) is 84.1 Å². The number of nitrogens with zero attached hydrogens (tertiary/aromatic N) is 3. The van der Waals surface area contributed by atoms with Crippen molar-refractivity contribution in [1.82, 2.24) is 4.57 Å². The average molecular weight is 542 g/mol. The van der Waals surface area contributed by atoms with Crippen molar-refractivity contribution in [2.24, 2.45) is 4.99 Å². The molecule has 1 aliphatic rings. The Labute approximate surface area is 209 Å². The summed E-state index contributed by atoms with van der Waals surface area (Å²) in [5.74, 6) is -0.433. The van der Waals surface area contributed by atoms with Crippen LogP contribution in [0.5, 0.6) is 5.75 Å². The van der Waals surface area contributed by atoms with Gasteiger partial charge in [-0.2, -0.15) is 0 Å². The fourth-order valence-electron chi connectivity index (χ4n) is 3.84. The Morgan fingerprint density at radius 2 is 1.97 bits per heavy atom. The third kappa shape index (κ3) is 4.45. The maximum atomic E-state index is 13.6.